The highest BCUT2D eigenvalue weighted by Gasteiger charge is 2.19. The number of carbonyl (C=O) groups excluding carboxylic acids is 2. The summed E-state index contributed by atoms with van der Waals surface area (Å²) < 4.78 is 0. The van der Waals surface area contributed by atoms with Crippen molar-refractivity contribution < 1.29 is 14.5 Å². The van der Waals surface area contributed by atoms with E-state index >= 15 is 0 Å². The van der Waals surface area contributed by atoms with Crippen LogP contribution in [0, 0.1) is 17.0 Å². The quantitative estimate of drug-likeness (QED) is 0.451. The molecule has 1 N–H and O–H groups in total. The van der Waals surface area contributed by atoms with E-state index < -0.39 is 10.8 Å². The normalized spacial score (nSPS) is 11.0. The number of nitro benzene ring substituents is 1. The zero-order valence-corrected chi connectivity index (χ0v) is 16.1. The van der Waals surface area contributed by atoms with E-state index in [4.69, 9.17) is 0 Å². The van der Waals surface area contributed by atoms with Gasteiger partial charge in [-0.25, -0.2) is 0 Å². The first-order valence-electron chi connectivity index (χ1n) is 8.99. The number of nitrogens with zero attached hydrogens (tertiary/aromatic N) is 2. The molecule has 2 rings (SSSR count). The van der Waals surface area contributed by atoms with E-state index in [0.29, 0.717) is 24.2 Å². The molecule has 0 spiro atoms. The smallest absolute Gasteiger partial charge is 0.270 e. The van der Waals surface area contributed by atoms with Gasteiger partial charge in [-0.3, -0.25) is 19.7 Å². The molecule has 0 bridgehead atoms. The molecule has 0 aliphatic carbocycles. The minimum absolute atomic E-state index is 0.0646. The van der Waals surface area contributed by atoms with Gasteiger partial charge in [0.25, 0.3) is 17.5 Å². The molecular weight excluding hydrogens is 358 g/mol. The predicted molar refractivity (Wildman–Crippen MR) is 108 cm³/mol. The number of aryl methyl sites for hydroxylation is 1. The molecule has 0 saturated carbocycles. The number of carbonyl (C=O) groups is 2. The number of hydrogen-bond acceptors (Lipinski definition) is 4. The SMILES string of the molecule is CCN(CC)C(=O)/C(=C\c1cccc([N+](=O)[O-])c1)NC(=O)c1ccc(C)cc1. The highest BCUT2D eigenvalue weighted by atomic mass is 16.6. The summed E-state index contributed by atoms with van der Waals surface area (Å²) in [5.41, 5.74) is 1.86. The van der Waals surface area contributed by atoms with E-state index in [0.717, 1.165) is 5.56 Å². The summed E-state index contributed by atoms with van der Waals surface area (Å²) in [6.45, 7) is 6.55. The Morgan fingerprint density at radius 3 is 2.32 bits per heavy atom. The third-order valence-corrected chi connectivity index (χ3v) is 4.24. The summed E-state index contributed by atoms with van der Waals surface area (Å²) in [6, 6.07) is 12.9. The molecule has 146 valence electrons. The van der Waals surface area contributed by atoms with Gasteiger partial charge >= 0.3 is 0 Å². The number of nitro groups is 1. The third kappa shape index (κ3) is 5.26. The maximum atomic E-state index is 12.9. The Balaban J connectivity index is 2.40. The van der Waals surface area contributed by atoms with Gasteiger partial charge in [0.2, 0.25) is 0 Å². The largest absolute Gasteiger partial charge is 0.338 e. The van der Waals surface area contributed by atoms with Crippen molar-refractivity contribution in [3.05, 3.63) is 81.0 Å². The number of rotatable bonds is 7. The number of benzene rings is 2. The van der Waals surface area contributed by atoms with E-state index in [1.807, 2.05) is 32.9 Å². The molecule has 28 heavy (non-hydrogen) atoms. The fourth-order valence-corrected chi connectivity index (χ4v) is 2.63. The first kappa shape index (κ1) is 20.8. The zero-order chi connectivity index (χ0) is 20.7. The highest BCUT2D eigenvalue weighted by molar-refractivity contribution is 6.05. The molecule has 0 fully saturated rings. The molecule has 7 nitrogen and oxygen atoms in total. The van der Waals surface area contributed by atoms with E-state index in [-0.39, 0.29) is 17.3 Å². The average molecular weight is 381 g/mol. The Kier molecular flexibility index (Phi) is 7.03. The molecule has 0 aliphatic heterocycles. The summed E-state index contributed by atoms with van der Waals surface area (Å²) in [5.74, 6) is -0.769. The molecular formula is C21H23N3O4. The number of nitrogens with one attached hydrogen (secondary N) is 1. The maximum Gasteiger partial charge on any atom is 0.270 e. The van der Waals surface area contributed by atoms with Crippen LogP contribution in [0.4, 0.5) is 5.69 Å². The van der Waals surface area contributed by atoms with Gasteiger partial charge in [0.15, 0.2) is 0 Å². The first-order chi connectivity index (χ1) is 13.3. The highest BCUT2D eigenvalue weighted by Crippen LogP contribution is 2.16. The fourth-order valence-electron chi connectivity index (χ4n) is 2.63. The summed E-state index contributed by atoms with van der Waals surface area (Å²) in [6.07, 6.45) is 1.46. The Morgan fingerprint density at radius 2 is 1.75 bits per heavy atom. The van der Waals surface area contributed by atoms with Gasteiger partial charge in [-0.1, -0.05) is 29.8 Å². The minimum atomic E-state index is -0.506. The van der Waals surface area contributed by atoms with Crippen molar-refractivity contribution in [3.63, 3.8) is 0 Å². The number of amides is 2. The van der Waals surface area contributed by atoms with Gasteiger partial charge in [-0.05, 0) is 44.5 Å². The molecule has 0 aliphatic rings. The second-order valence-corrected chi connectivity index (χ2v) is 6.21. The van der Waals surface area contributed by atoms with Gasteiger partial charge < -0.3 is 10.2 Å². The van der Waals surface area contributed by atoms with Crippen molar-refractivity contribution in [2.24, 2.45) is 0 Å². The van der Waals surface area contributed by atoms with E-state index in [9.17, 15) is 19.7 Å². The Morgan fingerprint density at radius 1 is 1.11 bits per heavy atom. The van der Waals surface area contributed by atoms with Crippen molar-refractivity contribution in [2.75, 3.05) is 13.1 Å². The van der Waals surface area contributed by atoms with Crippen LogP contribution in [-0.2, 0) is 4.79 Å². The number of hydrogen-bond donors (Lipinski definition) is 1. The predicted octanol–water partition coefficient (Wildman–Crippen LogP) is 3.54. The molecule has 0 heterocycles. The van der Waals surface area contributed by atoms with Gasteiger partial charge in [0.05, 0.1) is 4.92 Å². The van der Waals surface area contributed by atoms with Gasteiger partial charge in [-0.2, -0.15) is 0 Å². The standard InChI is InChI=1S/C21H23N3O4/c1-4-23(5-2)21(26)19(14-16-7-6-8-18(13-16)24(27)28)22-20(25)17-11-9-15(3)10-12-17/h6-14H,4-5H2,1-3H3,(H,22,25)/b19-14+. The molecule has 2 amide bonds. The summed E-state index contributed by atoms with van der Waals surface area (Å²) in [5, 5.41) is 13.7. The summed E-state index contributed by atoms with van der Waals surface area (Å²) in [4.78, 5) is 37.5. The van der Waals surface area contributed by atoms with Crippen molar-refractivity contribution >= 4 is 23.6 Å². The Bertz CT molecular complexity index is 900. The van der Waals surface area contributed by atoms with Crippen molar-refractivity contribution in [2.45, 2.75) is 20.8 Å². The molecule has 0 radical (unpaired) electrons. The second-order valence-electron chi connectivity index (χ2n) is 6.21. The van der Waals surface area contributed by atoms with Gasteiger partial charge in [0, 0.05) is 30.8 Å². The van der Waals surface area contributed by atoms with Crippen LogP contribution in [0.2, 0.25) is 0 Å². The van der Waals surface area contributed by atoms with E-state index in [1.54, 1.807) is 23.1 Å². The molecule has 2 aromatic rings. The van der Waals surface area contributed by atoms with E-state index in [2.05, 4.69) is 5.32 Å². The van der Waals surface area contributed by atoms with Crippen LogP contribution in [0.3, 0.4) is 0 Å². The lowest BCUT2D eigenvalue weighted by atomic mass is 10.1. The van der Waals surface area contributed by atoms with Crippen LogP contribution in [-0.4, -0.2) is 34.7 Å². The summed E-state index contributed by atoms with van der Waals surface area (Å²) >= 11 is 0. The van der Waals surface area contributed by atoms with Crippen LogP contribution in [0.1, 0.15) is 35.3 Å². The van der Waals surface area contributed by atoms with Crippen LogP contribution in [0.25, 0.3) is 6.08 Å². The first-order valence-corrected chi connectivity index (χ1v) is 8.99. The Hall–Kier alpha value is -3.48. The monoisotopic (exact) mass is 381 g/mol. The summed E-state index contributed by atoms with van der Waals surface area (Å²) in [7, 11) is 0. The fraction of sp³-hybridized carbons (Fsp3) is 0.238. The lowest BCUT2D eigenvalue weighted by Gasteiger charge is -2.21. The van der Waals surface area contributed by atoms with Crippen molar-refractivity contribution in [1.29, 1.82) is 0 Å². The molecule has 0 atom stereocenters. The third-order valence-electron chi connectivity index (χ3n) is 4.24. The number of non-ortho nitro benzene ring substituents is 1. The van der Waals surface area contributed by atoms with Crippen LogP contribution >= 0.6 is 0 Å². The zero-order valence-electron chi connectivity index (χ0n) is 16.1. The average Bonchev–Trinajstić information content (AvgIpc) is 2.69. The van der Waals surface area contributed by atoms with Crippen LogP contribution in [0.15, 0.2) is 54.2 Å². The molecule has 2 aromatic carbocycles. The molecule has 0 aromatic heterocycles. The lowest BCUT2D eigenvalue weighted by Crippen LogP contribution is -2.38. The van der Waals surface area contributed by atoms with Crippen LogP contribution < -0.4 is 5.32 Å². The second kappa shape index (κ2) is 9.45. The van der Waals surface area contributed by atoms with Gasteiger partial charge in [-0.15, -0.1) is 0 Å². The van der Waals surface area contributed by atoms with Crippen molar-refractivity contribution in [1.82, 2.24) is 10.2 Å². The lowest BCUT2D eigenvalue weighted by molar-refractivity contribution is -0.384. The molecule has 0 saturated heterocycles. The topological polar surface area (TPSA) is 92.6 Å². The maximum absolute atomic E-state index is 12.9. The van der Waals surface area contributed by atoms with E-state index in [1.165, 1.54) is 24.3 Å². The molecule has 7 heteroatoms. The van der Waals surface area contributed by atoms with Crippen LogP contribution in [0.5, 0.6) is 0 Å². The number of likely N-dealkylation sites (N-methyl/N-ethyl adjacent to an activating group) is 1. The molecule has 0 unspecified atom stereocenters. The Labute approximate surface area is 163 Å². The van der Waals surface area contributed by atoms with Gasteiger partial charge in [0.1, 0.15) is 5.70 Å². The minimum Gasteiger partial charge on any atom is -0.338 e. The van der Waals surface area contributed by atoms with Crippen molar-refractivity contribution in [3.8, 4) is 0 Å².